The summed E-state index contributed by atoms with van der Waals surface area (Å²) in [5, 5.41) is 2.99. The Morgan fingerprint density at radius 1 is 1.21 bits per heavy atom. The van der Waals surface area contributed by atoms with E-state index in [0.717, 1.165) is 10.6 Å². The van der Waals surface area contributed by atoms with Crippen LogP contribution in [0.4, 0.5) is 15.8 Å². The van der Waals surface area contributed by atoms with Crippen LogP contribution in [0.25, 0.3) is 0 Å². The van der Waals surface area contributed by atoms with Gasteiger partial charge < -0.3 is 5.32 Å². The molecular formula is C16H16ClFN2O3S. The van der Waals surface area contributed by atoms with E-state index in [0.29, 0.717) is 16.4 Å². The molecule has 128 valence electrons. The molecule has 0 radical (unpaired) electrons. The number of halogens is 2. The molecule has 2 aromatic rings. The summed E-state index contributed by atoms with van der Waals surface area (Å²) in [5.41, 5.74) is 0.828. The molecule has 0 atom stereocenters. The molecule has 0 heterocycles. The van der Waals surface area contributed by atoms with Gasteiger partial charge in [0.25, 0.3) is 0 Å². The van der Waals surface area contributed by atoms with Gasteiger partial charge in [-0.3, -0.25) is 9.10 Å². The number of rotatable bonds is 6. The molecule has 0 spiro atoms. The molecule has 2 rings (SSSR count). The maximum absolute atomic E-state index is 12.8. The number of sulfonamides is 1. The van der Waals surface area contributed by atoms with Crippen LogP contribution in [0.3, 0.4) is 0 Å². The Labute approximate surface area is 145 Å². The lowest BCUT2D eigenvalue weighted by Gasteiger charge is -2.22. The van der Waals surface area contributed by atoms with Gasteiger partial charge in [0.2, 0.25) is 15.9 Å². The summed E-state index contributed by atoms with van der Waals surface area (Å²) in [6.07, 6.45) is 1.00. The summed E-state index contributed by atoms with van der Waals surface area (Å²) in [4.78, 5) is 12.0. The molecule has 0 bridgehead atoms. The average Bonchev–Trinajstić information content (AvgIpc) is 2.48. The summed E-state index contributed by atoms with van der Waals surface area (Å²) in [6, 6.07) is 11.7. The Kier molecular flexibility index (Phi) is 5.80. The van der Waals surface area contributed by atoms with E-state index in [2.05, 4.69) is 5.32 Å². The second kappa shape index (κ2) is 7.63. The number of nitrogens with one attached hydrogen (secondary N) is 1. The van der Waals surface area contributed by atoms with Gasteiger partial charge in [0.05, 0.1) is 11.9 Å². The molecular weight excluding hydrogens is 355 g/mol. The fraction of sp³-hybridized carbons (Fsp3) is 0.188. The second-order valence-corrected chi connectivity index (χ2v) is 7.46. The van der Waals surface area contributed by atoms with Crippen LogP contribution in [0.2, 0.25) is 5.02 Å². The molecule has 8 heteroatoms. The third kappa shape index (κ3) is 5.21. The van der Waals surface area contributed by atoms with Crippen molar-refractivity contribution < 1.29 is 17.6 Å². The van der Waals surface area contributed by atoms with Gasteiger partial charge in [0.1, 0.15) is 5.82 Å². The lowest BCUT2D eigenvalue weighted by atomic mass is 10.3. The summed E-state index contributed by atoms with van der Waals surface area (Å²) in [6.45, 7) is -0.0355. The number of amides is 1. The molecule has 24 heavy (non-hydrogen) atoms. The van der Waals surface area contributed by atoms with Gasteiger partial charge in [-0.1, -0.05) is 17.7 Å². The van der Waals surface area contributed by atoms with E-state index in [1.165, 1.54) is 30.3 Å². The largest absolute Gasteiger partial charge is 0.326 e. The van der Waals surface area contributed by atoms with E-state index < -0.39 is 15.8 Å². The maximum Gasteiger partial charge on any atom is 0.232 e. The topological polar surface area (TPSA) is 66.5 Å². The molecule has 0 saturated heterocycles. The van der Waals surface area contributed by atoms with Crippen molar-refractivity contribution in [1.82, 2.24) is 0 Å². The van der Waals surface area contributed by atoms with E-state index in [1.54, 1.807) is 18.2 Å². The fourth-order valence-electron chi connectivity index (χ4n) is 2.08. The van der Waals surface area contributed by atoms with Crippen molar-refractivity contribution in [2.24, 2.45) is 0 Å². The van der Waals surface area contributed by atoms with Crippen LogP contribution in [0.1, 0.15) is 6.42 Å². The average molecular weight is 371 g/mol. The van der Waals surface area contributed by atoms with E-state index in [1.807, 2.05) is 0 Å². The van der Waals surface area contributed by atoms with Gasteiger partial charge in [-0.05, 0) is 42.5 Å². The Morgan fingerprint density at radius 2 is 1.88 bits per heavy atom. The van der Waals surface area contributed by atoms with E-state index in [4.69, 9.17) is 11.6 Å². The quantitative estimate of drug-likeness (QED) is 0.848. The molecule has 2 aromatic carbocycles. The first-order valence-electron chi connectivity index (χ1n) is 7.04. The predicted molar refractivity (Wildman–Crippen MR) is 93.3 cm³/mol. The Bertz CT molecular complexity index is 825. The molecule has 0 aliphatic rings. The van der Waals surface area contributed by atoms with Crippen LogP contribution in [0, 0.1) is 5.82 Å². The van der Waals surface area contributed by atoms with Crippen LogP contribution in [0.15, 0.2) is 48.5 Å². The molecule has 1 amide bonds. The Morgan fingerprint density at radius 3 is 2.46 bits per heavy atom. The number of nitrogens with zero attached hydrogens (tertiary/aromatic N) is 1. The van der Waals surface area contributed by atoms with Crippen molar-refractivity contribution in [2.45, 2.75) is 6.42 Å². The Hall–Kier alpha value is -2.12. The van der Waals surface area contributed by atoms with Gasteiger partial charge in [-0.2, -0.15) is 0 Å². The fourth-order valence-corrected chi connectivity index (χ4v) is 3.18. The van der Waals surface area contributed by atoms with E-state index in [9.17, 15) is 17.6 Å². The number of benzene rings is 2. The minimum absolute atomic E-state index is 0.0355. The molecule has 5 nitrogen and oxygen atoms in total. The van der Waals surface area contributed by atoms with Gasteiger partial charge >= 0.3 is 0 Å². The molecule has 1 N–H and O–H groups in total. The van der Waals surface area contributed by atoms with Crippen molar-refractivity contribution >= 4 is 38.9 Å². The third-order valence-electron chi connectivity index (χ3n) is 3.17. The first-order valence-corrected chi connectivity index (χ1v) is 9.27. The molecule has 0 unspecified atom stereocenters. The second-order valence-electron chi connectivity index (χ2n) is 5.12. The predicted octanol–water partition coefficient (Wildman–Crippen LogP) is 3.27. The monoisotopic (exact) mass is 370 g/mol. The summed E-state index contributed by atoms with van der Waals surface area (Å²) in [5.74, 6) is -0.783. The normalized spacial score (nSPS) is 11.1. The van der Waals surface area contributed by atoms with Crippen LogP contribution in [-0.2, 0) is 14.8 Å². The van der Waals surface area contributed by atoms with E-state index >= 15 is 0 Å². The van der Waals surface area contributed by atoms with Crippen LogP contribution >= 0.6 is 11.6 Å². The van der Waals surface area contributed by atoms with Gasteiger partial charge in [-0.15, -0.1) is 0 Å². The van der Waals surface area contributed by atoms with Gasteiger partial charge in [0.15, 0.2) is 0 Å². The molecule has 0 fully saturated rings. The highest BCUT2D eigenvalue weighted by Crippen LogP contribution is 2.22. The third-order valence-corrected chi connectivity index (χ3v) is 4.60. The van der Waals surface area contributed by atoms with Gasteiger partial charge in [0, 0.05) is 23.7 Å². The highest BCUT2D eigenvalue weighted by atomic mass is 35.5. The smallest absolute Gasteiger partial charge is 0.232 e. The molecule has 0 aromatic heterocycles. The van der Waals surface area contributed by atoms with Crippen molar-refractivity contribution in [2.75, 3.05) is 22.4 Å². The van der Waals surface area contributed by atoms with Gasteiger partial charge in [-0.25, -0.2) is 12.8 Å². The number of carbonyl (C=O) groups excluding carboxylic acids is 1. The standard InChI is InChI=1S/C16H16ClFN2O3S/c1-24(22,23)20(15-4-2-3-12(17)11-15)10-9-16(21)19-14-7-5-13(18)6-8-14/h2-8,11H,9-10H2,1H3,(H,19,21). The first kappa shape index (κ1) is 18.2. The minimum Gasteiger partial charge on any atom is -0.326 e. The minimum atomic E-state index is -3.56. The number of hydrogen-bond donors (Lipinski definition) is 1. The number of carbonyl (C=O) groups is 1. The molecule has 0 aliphatic carbocycles. The zero-order valence-electron chi connectivity index (χ0n) is 12.9. The first-order chi connectivity index (χ1) is 11.3. The van der Waals surface area contributed by atoms with Crippen molar-refractivity contribution in [1.29, 1.82) is 0 Å². The van der Waals surface area contributed by atoms with Crippen molar-refractivity contribution in [3.05, 3.63) is 59.4 Å². The zero-order valence-corrected chi connectivity index (χ0v) is 14.4. The SMILES string of the molecule is CS(=O)(=O)N(CCC(=O)Nc1ccc(F)cc1)c1cccc(Cl)c1. The van der Waals surface area contributed by atoms with Crippen molar-refractivity contribution in [3.8, 4) is 0 Å². The lowest BCUT2D eigenvalue weighted by Crippen LogP contribution is -2.33. The van der Waals surface area contributed by atoms with Crippen LogP contribution in [-0.4, -0.2) is 27.1 Å². The highest BCUT2D eigenvalue weighted by molar-refractivity contribution is 7.92. The number of anilines is 2. The lowest BCUT2D eigenvalue weighted by molar-refractivity contribution is -0.116. The summed E-state index contributed by atoms with van der Waals surface area (Å²) < 4.78 is 37.9. The van der Waals surface area contributed by atoms with Crippen LogP contribution in [0.5, 0.6) is 0 Å². The maximum atomic E-state index is 12.8. The summed E-state index contributed by atoms with van der Waals surface area (Å²) >= 11 is 5.89. The zero-order chi connectivity index (χ0) is 17.7. The number of hydrogen-bond acceptors (Lipinski definition) is 3. The van der Waals surface area contributed by atoms with Crippen LogP contribution < -0.4 is 9.62 Å². The van der Waals surface area contributed by atoms with Crippen molar-refractivity contribution in [3.63, 3.8) is 0 Å². The highest BCUT2D eigenvalue weighted by Gasteiger charge is 2.18. The summed E-state index contributed by atoms with van der Waals surface area (Å²) in [7, 11) is -3.56. The van der Waals surface area contributed by atoms with E-state index in [-0.39, 0.29) is 18.9 Å². The molecule has 0 saturated carbocycles. The molecule has 0 aliphatic heterocycles. The Balaban J connectivity index is 2.05.